The number of aromatic nitrogens is 3. The van der Waals surface area contributed by atoms with Gasteiger partial charge in [-0.25, -0.2) is 14.4 Å². The van der Waals surface area contributed by atoms with Crippen LogP contribution in [0, 0.1) is 5.82 Å². The van der Waals surface area contributed by atoms with Crippen molar-refractivity contribution in [2.24, 2.45) is 7.05 Å². The number of rotatable bonds is 3. The highest BCUT2D eigenvalue weighted by Gasteiger charge is 2.11. The van der Waals surface area contributed by atoms with Gasteiger partial charge in [0.15, 0.2) is 5.82 Å². The van der Waals surface area contributed by atoms with Crippen molar-refractivity contribution in [2.45, 2.75) is 13.0 Å². The highest BCUT2D eigenvalue weighted by molar-refractivity contribution is 5.85. The maximum atomic E-state index is 13.3. The van der Waals surface area contributed by atoms with Crippen LogP contribution in [-0.4, -0.2) is 14.5 Å². The van der Waals surface area contributed by atoms with Crippen LogP contribution >= 0.6 is 0 Å². The molecular formula is C15H15FN4. The zero-order valence-electron chi connectivity index (χ0n) is 11.3. The van der Waals surface area contributed by atoms with Crippen LogP contribution in [0.1, 0.15) is 18.5 Å². The summed E-state index contributed by atoms with van der Waals surface area (Å²) in [6, 6.07) is 8.42. The highest BCUT2D eigenvalue weighted by Crippen LogP contribution is 2.23. The molecule has 0 fully saturated rings. The van der Waals surface area contributed by atoms with Crippen molar-refractivity contribution in [1.82, 2.24) is 14.5 Å². The second-order valence-electron chi connectivity index (χ2n) is 4.80. The first-order valence-electron chi connectivity index (χ1n) is 6.43. The Kier molecular flexibility index (Phi) is 3.10. The number of hydrogen-bond acceptors (Lipinski definition) is 3. The minimum atomic E-state index is -0.236. The lowest BCUT2D eigenvalue weighted by molar-refractivity contribution is 0.623. The molecule has 2 aromatic heterocycles. The summed E-state index contributed by atoms with van der Waals surface area (Å²) in [4.78, 5) is 8.67. The molecule has 0 aliphatic carbocycles. The summed E-state index contributed by atoms with van der Waals surface area (Å²) in [5, 5.41) is 3.29. The van der Waals surface area contributed by atoms with Gasteiger partial charge in [0.2, 0.25) is 0 Å². The molecule has 4 nitrogen and oxygen atoms in total. The third kappa shape index (κ3) is 2.22. The molecule has 3 rings (SSSR count). The number of benzene rings is 1. The van der Waals surface area contributed by atoms with E-state index in [0.29, 0.717) is 5.82 Å². The van der Waals surface area contributed by atoms with E-state index in [1.165, 1.54) is 12.1 Å². The SMILES string of the molecule is CC(Nc1nccc2c1ncn2C)c1cccc(F)c1. The summed E-state index contributed by atoms with van der Waals surface area (Å²) in [6.07, 6.45) is 3.50. The van der Waals surface area contributed by atoms with Crippen LogP contribution < -0.4 is 5.32 Å². The van der Waals surface area contributed by atoms with Gasteiger partial charge in [0, 0.05) is 13.2 Å². The second kappa shape index (κ2) is 4.92. The summed E-state index contributed by atoms with van der Waals surface area (Å²) in [5.74, 6) is 0.472. The molecular weight excluding hydrogens is 255 g/mol. The largest absolute Gasteiger partial charge is 0.362 e. The first-order chi connectivity index (χ1) is 9.65. The topological polar surface area (TPSA) is 42.7 Å². The van der Waals surface area contributed by atoms with Crippen molar-refractivity contribution in [2.75, 3.05) is 5.32 Å². The molecule has 1 unspecified atom stereocenters. The van der Waals surface area contributed by atoms with E-state index in [1.807, 2.05) is 30.7 Å². The Labute approximate surface area is 116 Å². The smallest absolute Gasteiger partial charge is 0.154 e. The molecule has 0 aliphatic heterocycles. The van der Waals surface area contributed by atoms with Crippen molar-refractivity contribution < 1.29 is 4.39 Å². The monoisotopic (exact) mass is 270 g/mol. The number of aryl methyl sites for hydroxylation is 1. The zero-order valence-corrected chi connectivity index (χ0v) is 11.3. The van der Waals surface area contributed by atoms with Gasteiger partial charge in [-0.05, 0) is 30.7 Å². The summed E-state index contributed by atoms with van der Waals surface area (Å²) in [7, 11) is 1.94. The number of nitrogens with zero attached hydrogens (tertiary/aromatic N) is 3. The average Bonchev–Trinajstić information content (AvgIpc) is 2.82. The molecule has 5 heteroatoms. The van der Waals surface area contributed by atoms with Crippen LogP contribution in [0.15, 0.2) is 42.9 Å². The highest BCUT2D eigenvalue weighted by atomic mass is 19.1. The van der Waals surface area contributed by atoms with Crippen molar-refractivity contribution in [3.63, 3.8) is 0 Å². The van der Waals surface area contributed by atoms with Gasteiger partial charge in [-0.15, -0.1) is 0 Å². The molecule has 1 aromatic carbocycles. The number of hydrogen-bond donors (Lipinski definition) is 1. The first kappa shape index (κ1) is 12.6. The molecule has 0 saturated carbocycles. The molecule has 0 radical (unpaired) electrons. The second-order valence-corrected chi connectivity index (χ2v) is 4.80. The minimum Gasteiger partial charge on any atom is -0.362 e. The normalized spacial score (nSPS) is 12.6. The van der Waals surface area contributed by atoms with Gasteiger partial charge < -0.3 is 9.88 Å². The van der Waals surface area contributed by atoms with Crippen LogP contribution in [0.25, 0.3) is 11.0 Å². The van der Waals surface area contributed by atoms with E-state index < -0.39 is 0 Å². The molecule has 0 spiro atoms. The standard InChI is InChI=1S/C15H15FN4/c1-10(11-4-3-5-12(16)8-11)19-15-14-13(6-7-17-15)20(2)9-18-14/h3-10H,1-2H3,(H,17,19). The van der Waals surface area contributed by atoms with Crippen LogP contribution in [-0.2, 0) is 7.05 Å². The number of fused-ring (bicyclic) bond motifs is 1. The number of nitrogens with one attached hydrogen (secondary N) is 1. The number of imidazole rings is 1. The number of pyridine rings is 1. The van der Waals surface area contributed by atoms with Crippen molar-refractivity contribution in [3.8, 4) is 0 Å². The summed E-state index contributed by atoms with van der Waals surface area (Å²) in [6.45, 7) is 1.97. The molecule has 0 aliphatic rings. The van der Waals surface area contributed by atoms with Gasteiger partial charge in [-0.3, -0.25) is 0 Å². The van der Waals surface area contributed by atoms with E-state index in [9.17, 15) is 4.39 Å². The fraction of sp³-hybridized carbons (Fsp3) is 0.200. The van der Waals surface area contributed by atoms with E-state index in [0.717, 1.165) is 16.6 Å². The Bertz CT molecular complexity index is 750. The number of anilines is 1. The summed E-state index contributed by atoms with van der Waals surface area (Å²) < 4.78 is 15.2. The fourth-order valence-electron chi connectivity index (χ4n) is 2.23. The van der Waals surface area contributed by atoms with Gasteiger partial charge in [0.05, 0.1) is 17.9 Å². The third-order valence-electron chi connectivity index (χ3n) is 3.34. The Morgan fingerprint density at radius 2 is 2.10 bits per heavy atom. The van der Waals surface area contributed by atoms with Crippen LogP contribution in [0.2, 0.25) is 0 Å². The van der Waals surface area contributed by atoms with Gasteiger partial charge in [0.1, 0.15) is 11.3 Å². The summed E-state index contributed by atoms with van der Waals surface area (Å²) >= 11 is 0. The minimum absolute atomic E-state index is 0.0502. The molecule has 0 saturated heterocycles. The predicted octanol–water partition coefficient (Wildman–Crippen LogP) is 3.28. The lowest BCUT2D eigenvalue weighted by Gasteiger charge is -2.15. The number of halogens is 1. The molecule has 0 bridgehead atoms. The van der Waals surface area contributed by atoms with Gasteiger partial charge in [-0.1, -0.05) is 12.1 Å². The van der Waals surface area contributed by atoms with E-state index in [-0.39, 0.29) is 11.9 Å². The average molecular weight is 270 g/mol. The predicted molar refractivity (Wildman–Crippen MR) is 76.9 cm³/mol. The molecule has 20 heavy (non-hydrogen) atoms. The Morgan fingerprint density at radius 3 is 2.90 bits per heavy atom. The van der Waals surface area contributed by atoms with Gasteiger partial charge in [-0.2, -0.15) is 0 Å². The van der Waals surface area contributed by atoms with Gasteiger partial charge in [0.25, 0.3) is 0 Å². The Morgan fingerprint density at radius 1 is 1.25 bits per heavy atom. The van der Waals surface area contributed by atoms with Crippen molar-refractivity contribution in [1.29, 1.82) is 0 Å². The molecule has 102 valence electrons. The molecule has 3 aromatic rings. The first-order valence-corrected chi connectivity index (χ1v) is 6.43. The van der Waals surface area contributed by atoms with E-state index in [2.05, 4.69) is 15.3 Å². The maximum Gasteiger partial charge on any atom is 0.154 e. The maximum absolute atomic E-state index is 13.3. The summed E-state index contributed by atoms with van der Waals surface area (Å²) in [5.41, 5.74) is 2.70. The fourth-order valence-corrected chi connectivity index (χ4v) is 2.23. The van der Waals surface area contributed by atoms with Crippen molar-refractivity contribution >= 4 is 16.9 Å². The van der Waals surface area contributed by atoms with E-state index in [1.54, 1.807) is 18.6 Å². The Hall–Kier alpha value is -2.43. The quantitative estimate of drug-likeness (QED) is 0.794. The lowest BCUT2D eigenvalue weighted by atomic mass is 10.1. The van der Waals surface area contributed by atoms with Gasteiger partial charge >= 0.3 is 0 Å². The van der Waals surface area contributed by atoms with Crippen molar-refractivity contribution in [3.05, 3.63) is 54.2 Å². The third-order valence-corrected chi connectivity index (χ3v) is 3.34. The molecule has 0 amide bonds. The van der Waals surface area contributed by atoms with E-state index >= 15 is 0 Å². The Balaban J connectivity index is 1.93. The van der Waals surface area contributed by atoms with Crippen LogP contribution in [0.5, 0.6) is 0 Å². The zero-order chi connectivity index (χ0) is 14.1. The van der Waals surface area contributed by atoms with Crippen LogP contribution in [0.4, 0.5) is 10.2 Å². The lowest BCUT2D eigenvalue weighted by Crippen LogP contribution is -2.08. The van der Waals surface area contributed by atoms with E-state index in [4.69, 9.17) is 0 Å². The van der Waals surface area contributed by atoms with Crippen LogP contribution in [0.3, 0.4) is 0 Å². The molecule has 1 N–H and O–H groups in total. The molecule has 1 atom stereocenters. The molecule has 2 heterocycles.